The second-order valence-corrected chi connectivity index (χ2v) is 5.60. The maximum atomic E-state index is 12.1. The number of carbonyl (C=O) groups is 2. The zero-order valence-corrected chi connectivity index (χ0v) is 13.3. The average Bonchev–Trinajstić information content (AvgIpc) is 2.48. The molecule has 2 rings (SSSR count). The van der Waals surface area contributed by atoms with Crippen LogP contribution in [0.4, 0.5) is 11.4 Å². The molecule has 0 radical (unpaired) electrons. The van der Waals surface area contributed by atoms with E-state index in [1.807, 2.05) is 19.1 Å². The predicted molar refractivity (Wildman–Crippen MR) is 87.6 cm³/mol. The first-order chi connectivity index (χ1) is 10.5. The fraction of sp³-hybridized carbons (Fsp3) is 0.500. The van der Waals surface area contributed by atoms with E-state index in [-0.39, 0.29) is 11.8 Å². The molecule has 1 aliphatic heterocycles. The molecule has 0 aliphatic carbocycles. The van der Waals surface area contributed by atoms with Gasteiger partial charge in [-0.3, -0.25) is 14.5 Å². The third kappa shape index (κ3) is 4.21. The van der Waals surface area contributed by atoms with Crippen molar-refractivity contribution < 1.29 is 9.59 Å². The number of nitrogen functional groups attached to an aromatic ring is 1. The minimum absolute atomic E-state index is 0.0556. The van der Waals surface area contributed by atoms with Gasteiger partial charge >= 0.3 is 0 Å². The van der Waals surface area contributed by atoms with Crippen LogP contribution in [0, 0.1) is 0 Å². The number of carbonyl (C=O) groups excluding carboxylic acids is 2. The maximum Gasteiger partial charge on any atom is 0.238 e. The molecule has 1 aliphatic rings. The van der Waals surface area contributed by atoms with Gasteiger partial charge in [-0.2, -0.15) is 0 Å². The van der Waals surface area contributed by atoms with Crippen molar-refractivity contribution in [2.45, 2.75) is 20.3 Å². The van der Waals surface area contributed by atoms with E-state index >= 15 is 0 Å². The molecular weight excluding hydrogens is 280 g/mol. The monoisotopic (exact) mass is 304 g/mol. The molecule has 3 N–H and O–H groups in total. The predicted octanol–water partition coefficient (Wildman–Crippen LogP) is 0.934. The second kappa shape index (κ2) is 7.26. The number of rotatable bonds is 4. The van der Waals surface area contributed by atoms with E-state index in [0.717, 1.165) is 30.8 Å². The number of amides is 2. The van der Waals surface area contributed by atoms with Gasteiger partial charge in [0.2, 0.25) is 11.8 Å². The minimum Gasteiger partial charge on any atom is -0.398 e. The largest absolute Gasteiger partial charge is 0.398 e. The lowest BCUT2D eigenvalue weighted by Gasteiger charge is -2.33. The molecule has 0 bridgehead atoms. The minimum atomic E-state index is -0.0556. The molecule has 120 valence electrons. The third-order valence-corrected chi connectivity index (χ3v) is 4.00. The van der Waals surface area contributed by atoms with E-state index in [1.54, 1.807) is 17.9 Å². The Morgan fingerprint density at radius 1 is 1.23 bits per heavy atom. The number of nitrogens with two attached hydrogens (primary N) is 1. The van der Waals surface area contributed by atoms with E-state index in [1.165, 1.54) is 0 Å². The van der Waals surface area contributed by atoms with E-state index in [2.05, 4.69) is 10.2 Å². The van der Waals surface area contributed by atoms with Gasteiger partial charge in [0.1, 0.15) is 0 Å². The first kappa shape index (κ1) is 16.3. The van der Waals surface area contributed by atoms with Crippen LogP contribution in [0.15, 0.2) is 18.2 Å². The van der Waals surface area contributed by atoms with E-state index in [9.17, 15) is 9.59 Å². The fourth-order valence-corrected chi connectivity index (χ4v) is 2.62. The summed E-state index contributed by atoms with van der Waals surface area (Å²) in [5.74, 6) is 0.0375. The van der Waals surface area contributed by atoms with Crippen LogP contribution >= 0.6 is 0 Å². The molecule has 6 nitrogen and oxygen atoms in total. The highest BCUT2D eigenvalue weighted by atomic mass is 16.2. The van der Waals surface area contributed by atoms with Crippen molar-refractivity contribution in [1.29, 1.82) is 0 Å². The summed E-state index contributed by atoms with van der Waals surface area (Å²) in [6.45, 7) is 6.77. The van der Waals surface area contributed by atoms with Crippen LogP contribution < -0.4 is 11.1 Å². The van der Waals surface area contributed by atoms with Crippen molar-refractivity contribution in [3.63, 3.8) is 0 Å². The molecule has 1 aromatic rings. The van der Waals surface area contributed by atoms with Crippen LogP contribution in [0.2, 0.25) is 0 Å². The molecule has 0 atom stereocenters. The molecule has 0 unspecified atom stereocenters. The van der Waals surface area contributed by atoms with Gasteiger partial charge in [0.25, 0.3) is 0 Å². The summed E-state index contributed by atoms with van der Waals surface area (Å²) in [5.41, 5.74) is 8.45. The smallest absolute Gasteiger partial charge is 0.238 e. The van der Waals surface area contributed by atoms with Gasteiger partial charge in [0.15, 0.2) is 0 Å². The van der Waals surface area contributed by atoms with E-state index in [0.29, 0.717) is 25.3 Å². The number of hydrogen-bond acceptors (Lipinski definition) is 4. The quantitative estimate of drug-likeness (QED) is 0.811. The highest BCUT2D eigenvalue weighted by molar-refractivity contribution is 5.92. The number of nitrogens with one attached hydrogen (secondary N) is 1. The summed E-state index contributed by atoms with van der Waals surface area (Å²) in [7, 11) is 0. The van der Waals surface area contributed by atoms with Crippen molar-refractivity contribution >= 4 is 23.2 Å². The Hall–Kier alpha value is -2.08. The van der Waals surface area contributed by atoms with Crippen molar-refractivity contribution in [3.8, 4) is 0 Å². The normalized spacial score (nSPS) is 15.6. The SMILES string of the molecule is CCc1ccc(NC(=O)CN2CCN(C(C)=O)CC2)cc1N. The molecule has 0 spiro atoms. The summed E-state index contributed by atoms with van der Waals surface area (Å²) in [5, 5.41) is 2.87. The lowest BCUT2D eigenvalue weighted by molar-refractivity contribution is -0.130. The van der Waals surface area contributed by atoms with Gasteiger partial charge in [-0.05, 0) is 24.1 Å². The lowest BCUT2D eigenvalue weighted by atomic mass is 10.1. The highest BCUT2D eigenvalue weighted by Gasteiger charge is 2.20. The number of aryl methyl sites for hydroxylation is 1. The summed E-state index contributed by atoms with van der Waals surface area (Å²) < 4.78 is 0. The highest BCUT2D eigenvalue weighted by Crippen LogP contribution is 2.18. The number of anilines is 2. The number of nitrogens with zero attached hydrogens (tertiary/aromatic N) is 2. The molecular formula is C16H24N4O2. The lowest BCUT2D eigenvalue weighted by Crippen LogP contribution is -2.49. The first-order valence-electron chi connectivity index (χ1n) is 7.65. The molecule has 1 aromatic carbocycles. The van der Waals surface area contributed by atoms with Crippen molar-refractivity contribution in [2.75, 3.05) is 43.8 Å². The van der Waals surface area contributed by atoms with Crippen molar-refractivity contribution in [1.82, 2.24) is 9.80 Å². The zero-order chi connectivity index (χ0) is 16.1. The average molecular weight is 304 g/mol. The Labute approximate surface area is 131 Å². The molecule has 6 heteroatoms. The molecule has 0 aromatic heterocycles. The Balaban J connectivity index is 1.83. The zero-order valence-electron chi connectivity index (χ0n) is 13.3. The van der Waals surface area contributed by atoms with Gasteiger partial charge in [-0.25, -0.2) is 0 Å². The third-order valence-electron chi connectivity index (χ3n) is 4.00. The molecule has 1 heterocycles. The molecule has 1 saturated heterocycles. The first-order valence-corrected chi connectivity index (χ1v) is 7.65. The molecule has 2 amide bonds. The summed E-state index contributed by atoms with van der Waals surface area (Å²) in [6, 6.07) is 5.61. The van der Waals surface area contributed by atoms with Crippen LogP contribution in [0.1, 0.15) is 19.4 Å². The number of benzene rings is 1. The summed E-state index contributed by atoms with van der Waals surface area (Å²) >= 11 is 0. The fourth-order valence-electron chi connectivity index (χ4n) is 2.62. The standard InChI is InChI=1S/C16H24N4O2/c1-3-13-4-5-14(10-15(13)17)18-16(22)11-19-6-8-20(9-7-19)12(2)21/h4-5,10H,3,6-9,11,17H2,1-2H3,(H,18,22). The summed E-state index contributed by atoms with van der Waals surface area (Å²) in [4.78, 5) is 27.2. The molecule has 22 heavy (non-hydrogen) atoms. The Morgan fingerprint density at radius 2 is 1.91 bits per heavy atom. The Kier molecular flexibility index (Phi) is 5.38. The number of hydrogen-bond donors (Lipinski definition) is 2. The van der Waals surface area contributed by atoms with Crippen LogP contribution in [0.5, 0.6) is 0 Å². The van der Waals surface area contributed by atoms with Crippen LogP contribution in [-0.4, -0.2) is 54.3 Å². The van der Waals surface area contributed by atoms with Gasteiger partial charge in [-0.15, -0.1) is 0 Å². The van der Waals surface area contributed by atoms with Crippen LogP contribution in [-0.2, 0) is 16.0 Å². The van der Waals surface area contributed by atoms with Gasteiger partial charge in [0.05, 0.1) is 6.54 Å². The summed E-state index contributed by atoms with van der Waals surface area (Å²) in [6.07, 6.45) is 0.875. The Morgan fingerprint density at radius 3 is 2.45 bits per heavy atom. The van der Waals surface area contributed by atoms with Crippen LogP contribution in [0.25, 0.3) is 0 Å². The van der Waals surface area contributed by atoms with Crippen molar-refractivity contribution in [2.24, 2.45) is 0 Å². The Bertz CT molecular complexity index is 551. The topological polar surface area (TPSA) is 78.7 Å². The number of piperazine rings is 1. The van der Waals surface area contributed by atoms with Gasteiger partial charge in [0, 0.05) is 44.5 Å². The van der Waals surface area contributed by atoms with Crippen LogP contribution in [0.3, 0.4) is 0 Å². The van der Waals surface area contributed by atoms with Gasteiger partial charge < -0.3 is 16.0 Å². The van der Waals surface area contributed by atoms with Crippen molar-refractivity contribution in [3.05, 3.63) is 23.8 Å². The second-order valence-electron chi connectivity index (χ2n) is 5.60. The van der Waals surface area contributed by atoms with E-state index < -0.39 is 0 Å². The van der Waals surface area contributed by atoms with Gasteiger partial charge in [-0.1, -0.05) is 13.0 Å². The molecule has 1 fully saturated rings. The molecule has 0 saturated carbocycles. The van der Waals surface area contributed by atoms with E-state index in [4.69, 9.17) is 5.73 Å². The maximum absolute atomic E-state index is 12.1.